The highest BCUT2D eigenvalue weighted by Gasteiger charge is 2.44. The fourth-order valence-electron chi connectivity index (χ4n) is 6.56. The first-order valence-corrected chi connectivity index (χ1v) is 20.0. The summed E-state index contributed by atoms with van der Waals surface area (Å²) in [4.78, 5) is 16.9. The molecule has 0 fully saturated rings. The van der Waals surface area contributed by atoms with Crippen molar-refractivity contribution in [2.75, 3.05) is 12.8 Å². The van der Waals surface area contributed by atoms with E-state index < -0.39 is 7.26 Å². The van der Waals surface area contributed by atoms with Gasteiger partial charge in [0.05, 0.1) is 19.1 Å². The van der Waals surface area contributed by atoms with Crippen LogP contribution in [0.25, 0.3) is 0 Å². The molecule has 0 aliphatic rings. The van der Waals surface area contributed by atoms with Crippen LogP contribution in [-0.2, 0) is 9.53 Å². The molecule has 0 N–H and O–H groups in total. The van der Waals surface area contributed by atoms with Crippen LogP contribution in [0.5, 0.6) is 0 Å². The number of unbranched alkanes of at least 4 members (excludes halogenated alkanes) is 8. The third-order valence-corrected chi connectivity index (χ3v) is 13.7. The van der Waals surface area contributed by atoms with Crippen LogP contribution in [0, 0.1) is 0 Å². The van der Waals surface area contributed by atoms with Crippen LogP contribution in [-0.4, -0.2) is 28.3 Å². The monoisotopic (exact) mass is 651 g/mol. The Balaban J connectivity index is 1.13. The van der Waals surface area contributed by atoms with Gasteiger partial charge in [-0.1, -0.05) is 119 Å². The summed E-state index contributed by atoms with van der Waals surface area (Å²) >= 11 is 0. The van der Waals surface area contributed by atoms with Gasteiger partial charge in [-0.2, -0.15) is 0 Å². The Bertz CT molecular complexity index is 1290. The first-order valence-electron chi connectivity index (χ1n) is 18.1. The predicted molar refractivity (Wildman–Crippen MR) is 202 cm³/mol. The molecule has 0 radical (unpaired) electrons. The van der Waals surface area contributed by atoms with Gasteiger partial charge in [-0.05, 0) is 68.5 Å². The molecule has 47 heavy (non-hydrogen) atoms. The average molecular weight is 652 g/mol. The number of ether oxygens (including phenoxy) is 1. The van der Waals surface area contributed by atoms with Crippen molar-refractivity contribution >= 4 is 29.1 Å². The van der Waals surface area contributed by atoms with Gasteiger partial charge in [0.2, 0.25) is 0 Å². The predicted octanol–water partition coefficient (Wildman–Crippen LogP) is 10.00. The highest BCUT2D eigenvalue weighted by Crippen LogP contribution is 2.55. The lowest BCUT2D eigenvalue weighted by molar-refractivity contribution is -0.143. The Morgan fingerprint density at radius 3 is 1.94 bits per heavy atom. The van der Waals surface area contributed by atoms with Crippen LogP contribution in [0.4, 0.5) is 0 Å². The molecule has 1 atom stereocenters. The Morgan fingerprint density at radius 1 is 0.745 bits per heavy atom. The molecule has 250 valence electrons. The van der Waals surface area contributed by atoms with Crippen LogP contribution in [0.3, 0.4) is 0 Å². The molecule has 0 spiro atoms. The number of benzene rings is 3. The normalized spacial score (nSPS) is 12.4. The molecule has 1 unspecified atom stereocenters. The van der Waals surface area contributed by atoms with Gasteiger partial charge in [0.1, 0.15) is 23.2 Å². The molecule has 4 rings (SSSR count). The third kappa shape index (κ3) is 11.9. The summed E-state index contributed by atoms with van der Waals surface area (Å²) in [6.45, 7) is 2.74. The average Bonchev–Trinajstić information content (AvgIpc) is 3.66. The highest BCUT2D eigenvalue weighted by molar-refractivity contribution is 7.95. The second-order valence-corrected chi connectivity index (χ2v) is 16.3. The number of allylic oxidation sites excluding steroid dienone is 2. The summed E-state index contributed by atoms with van der Waals surface area (Å²) in [6, 6.07) is 33.2. The molecule has 1 heterocycles. The maximum Gasteiger partial charge on any atom is 0.305 e. The number of carbonyl (C=O) groups excluding carboxylic acids is 1. The summed E-state index contributed by atoms with van der Waals surface area (Å²) in [6.07, 6.45) is 27.3. The minimum absolute atomic E-state index is 0.0573. The number of nitrogens with zero attached hydrogens (tertiary/aromatic N) is 2. The molecule has 3 aromatic carbocycles. The third-order valence-electron chi connectivity index (χ3n) is 9.16. The molecule has 0 saturated carbocycles. The standard InChI is InChI=1S/C42H56N2O2P/c1-2-3-4-14-24-38(44-34-33-43-37-44)25-15-9-7-5-6-8-10-22-32-42(45)46-35-23-36-47(39-26-16-11-17-27-39,40-28-18-12-19-29-40)41-30-20-13-21-31-41/h9,11-13,15-21,26-31,33-34,37-38H,2-8,10,14,22-25,32,35-36H2,1H3/q+1/b15-9-. The Hall–Kier alpha value is -3.49. The van der Waals surface area contributed by atoms with Gasteiger partial charge in [-0.3, -0.25) is 4.79 Å². The zero-order chi connectivity index (χ0) is 32.8. The molecule has 0 amide bonds. The van der Waals surface area contributed by atoms with Gasteiger partial charge in [-0.15, -0.1) is 0 Å². The fraction of sp³-hybridized carbons (Fsp3) is 0.429. The van der Waals surface area contributed by atoms with Crippen molar-refractivity contribution in [1.29, 1.82) is 0 Å². The number of imidazole rings is 1. The second kappa shape index (κ2) is 21.4. The molecule has 1 aromatic heterocycles. The van der Waals surface area contributed by atoms with Crippen LogP contribution >= 0.6 is 7.26 Å². The number of carbonyl (C=O) groups is 1. The van der Waals surface area contributed by atoms with Gasteiger partial charge in [0.25, 0.3) is 0 Å². The number of hydrogen-bond donors (Lipinski definition) is 0. The quantitative estimate of drug-likeness (QED) is 0.0347. The molecule has 0 saturated heterocycles. The van der Waals surface area contributed by atoms with Crippen molar-refractivity contribution in [2.45, 2.75) is 103 Å². The van der Waals surface area contributed by atoms with Crippen molar-refractivity contribution in [2.24, 2.45) is 0 Å². The molecule has 4 aromatic rings. The van der Waals surface area contributed by atoms with Gasteiger partial charge >= 0.3 is 5.97 Å². The van der Waals surface area contributed by atoms with Crippen LogP contribution < -0.4 is 15.9 Å². The van der Waals surface area contributed by atoms with Gasteiger partial charge < -0.3 is 9.30 Å². The SMILES string of the molecule is CCCCCCC(C/C=C\CCCCCCCC(=O)OCCC[P+](c1ccccc1)(c1ccccc1)c1ccccc1)n1ccnc1. The molecular formula is C42H56N2O2P+. The van der Waals surface area contributed by atoms with E-state index in [0.29, 0.717) is 19.1 Å². The minimum Gasteiger partial charge on any atom is -0.466 e. The van der Waals surface area contributed by atoms with Crippen molar-refractivity contribution in [3.8, 4) is 0 Å². The van der Waals surface area contributed by atoms with Crippen LogP contribution in [0.1, 0.15) is 103 Å². The Morgan fingerprint density at radius 2 is 1.34 bits per heavy atom. The van der Waals surface area contributed by atoms with E-state index in [-0.39, 0.29) is 5.97 Å². The molecule has 4 nitrogen and oxygen atoms in total. The van der Waals surface area contributed by atoms with Crippen LogP contribution in [0.15, 0.2) is 122 Å². The molecule has 5 heteroatoms. The first-order chi connectivity index (χ1) is 23.2. The summed E-state index contributed by atoms with van der Waals surface area (Å²) in [5.41, 5.74) is 0. The Labute approximate surface area is 285 Å². The number of hydrogen-bond acceptors (Lipinski definition) is 3. The topological polar surface area (TPSA) is 44.1 Å². The smallest absolute Gasteiger partial charge is 0.305 e. The number of esters is 1. The van der Waals surface area contributed by atoms with E-state index in [0.717, 1.165) is 38.3 Å². The van der Waals surface area contributed by atoms with E-state index in [4.69, 9.17) is 4.74 Å². The maximum absolute atomic E-state index is 12.6. The lowest BCUT2D eigenvalue weighted by Crippen LogP contribution is -2.33. The van der Waals surface area contributed by atoms with E-state index in [1.54, 1.807) is 0 Å². The maximum atomic E-state index is 12.6. The van der Waals surface area contributed by atoms with Crippen molar-refractivity contribution in [3.63, 3.8) is 0 Å². The lowest BCUT2D eigenvalue weighted by Gasteiger charge is -2.27. The Kier molecular flexibility index (Phi) is 16.5. The van der Waals surface area contributed by atoms with E-state index >= 15 is 0 Å². The second-order valence-electron chi connectivity index (χ2n) is 12.6. The van der Waals surface area contributed by atoms with Crippen molar-refractivity contribution in [3.05, 3.63) is 122 Å². The molecule has 0 bridgehead atoms. The fourth-order valence-corrected chi connectivity index (χ4v) is 10.9. The van der Waals surface area contributed by atoms with E-state index in [9.17, 15) is 4.79 Å². The van der Waals surface area contributed by atoms with Crippen LogP contribution in [0.2, 0.25) is 0 Å². The zero-order valence-corrected chi connectivity index (χ0v) is 29.5. The number of rotatable bonds is 23. The first kappa shape index (κ1) is 36.3. The number of aromatic nitrogens is 2. The van der Waals surface area contributed by atoms with Crippen molar-refractivity contribution < 1.29 is 9.53 Å². The minimum atomic E-state index is -1.88. The molecule has 0 aliphatic heterocycles. The van der Waals surface area contributed by atoms with E-state index in [1.807, 2.05) is 12.5 Å². The molecular weight excluding hydrogens is 595 g/mol. The summed E-state index contributed by atoms with van der Waals surface area (Å²) in [5.74, 6) is -0.0573. The van der Waals surface area contributed by atoms with E-state index in [2.05, 4.69) is 126 Å². The summed E-state index contributed by atoms with van der Waals surface area (Å²) in [5, 5.41) is 4.11. The summed E-state index contributed by atoms with van der Waals surface area (Å²) < 4.78 is 8.04. The molecule has 0 aliphatic carbocycles. The van der Waals surface area contributed by atoms with E-state index in [1.165, 1.54) is 67.3 Å². The zero-order valence-electron chi connectivity index (χ0n) is 28.6. The highest BCUT2D eigenvalue weighted by atomic mass is 31.2. The van der Waals surface area contributed by atoms with Gasteiger partial charge in [-0.25, -0.2) is 4.98 Å². The van der Waals surface area contributed by atoms with Crippen molar-refractivity contribution in [1.82, 2.24) is 9.55 Å². The van der Waals surface area contributed by atoms with Gasteiger partial charge in [0, 0.05) is 31.3 Å². The lowest BCUT2D eigenvalue weighted by atomic mass is 10.0. The largest absolute Gasteiger partial charge is 0.466 e. The van der Waals surface area contributed by atoms with Gasteiger partial charge in [0.15, 0.2) is 0 Å². The summed E-state index contributed by atoms with van der Waals surface area (Å²) in [7, 11) is -1.88.